The Labute approximate surface area is 134 Å². The first kappa shape index (κ1) is 15.6. The van der Waals surface area contributed by atoms with Crippen LogP contribution in [0.4, 0.5) is 4.39 Å². The van der Waals surface area contributed by atoms with Crippen molar-refractivity contribution in [2.24, 2.45) is 11.8 Å². The maximum atomic E-state index is 14.2. The van der Waals surface area contributed by atoms with Crippen LogP contribution in [0.3, 0.4) is 0 Å². The second kappa shape index (κ2) is 5.41. The number of halogens is 2. The fourth-order valence-corrected chi connectivity index (χ4v) is 3.25. The molecular formula is C17H20ClFO3. The average molecular weight is 327 g/mol. The Kier molecular flexibility index (Phi) is 3.84. The maximum Gasteiger partial charge on any atom is 0.341 e. The van der Waals surface area contributed by atoms with Crippen molar-refractivity contribution in [1.82, 2.24) is 0 Å². The zero-order valence-electron chi connectivity index (χ0n) is 13.0. The summed E-state index contributed by atoms with van der Waals surface area (Å²) in [6, 6.07) is 2.47. The number of hydrogen-bond acceptors (Lipinski definition) is 3. The molecule has 3 nitrogen and oxygen atoms in total. The van der Waals surface area contributed by atoms with Crippen molar-refractivity contribution in [3.05, 3.63) is 28.5 Å². The van der Waals surface area contributed by atoms with Crippen LogP contribution in [-0.4, -0.2) is 17.7 Å². The summed E-state index contributed by atoms with van der Waals surface area (Å²) in [7, 11) is 0. The average Bonchev–Trinajstić information content (AvgIpc) is 2.99. The van der Waals surface area contributed by atoms with E-state index < -0.39 is 17.4 Å². The standard InChI is InChI=1S/C17H20ClFO3/c1-17(2,3)22-16(20)12-7-13(18)15(8-14(12)19)21-11-5-9-4-10(9)6-11/h7-11H,4-6H2,1-3H3. The minimum Gasteiger partial charge on any atom is -0.489 e. The van der Waals surface area contributed by atoms with Crippen molar-refractivity contribution in [3.63, 3.8) is 0 Å². The van der Waals surface area contributed by atoms with Crippen LogP contribution in [-0.2, 0) is 4.74 Å². The lowest BCUT2D eigenvalue weighted by Gasteiger charge is -2.20. The van der Waals surface area contributed by atoms with Crippen LogP contribution in [0.1, 0.15) is 50.4 Å². The van der Waals surface area contributed by atoms with Crippen molar-refractivity contribution in [2.75, 3.05) is 0 Å². The third-order valence-corrected chi connectivity index (χ3v) is 4.43. The topological polar surface area (TPSA) is 35.5 Å². The first-order chi connectivity index (χ1) is 10.2. The van der Waals surface area contributed by atoms with Gasteiger partial charge in [0.25, 0.3) is 0 Å². The van der Waals surface area contributed by atoms with Crippen LogP contribution in [0.5, 0.6) is 5.75 Å². The van der Waals surface area contributed by atoms with E-state index in [-0.39, 0.29) is 16.7 Å². The van der Waals surface area contributed by atoms with E-state index in [2.05, 4.69) is 0 Å². The Hall–Kier alpha value is -1.29. The van der Waals surface area contributed by atoms with Gasteiger partial charge in [0.2, 0.25) is 0 Å². The van der Waals surface area contributed by atoms with E-state index in [1.165, 1.54) is 18.6 Å². The predicted molar refractivity (Wildman–Crippen MR) is 81.8 cm³/mol. The van der Waals surface area contributed by atoms with Crippen molar-refractivity contribution in [3.8, 4) is 5.75 Å². The highest BCUT2D eigenvalue weighted by atomic mass is 35.5. The highest BCUT2D eigenvalue weighted by Gasteiger charge is 2.47. The number of benzene rings is 1. The molecule has 1 aromatic carbocycles. The predicted octanol–water partition coefficient (Wildman–Crippen LogP) is 4.61. The quantitative estimate of drug-likeness (QED) is 0.761. The summed E-state index contributed by atoms with van der Waals surface area (Å²) in [4.78, 5) is 12.0. The minimum atomic E-state index is -0.722. The number of rotatable bonds is 3. The monoisotopic (exact) mass is 326 g/mol. The number of carbonyl (C=O) groups is 1. The SMILES string of the molecule is CC(C)(C)OC(=O)c1cc(Cl)c(OC2CC3CC3C2)cc1F. The molecule has 0 N–H and O–H groups in total. The van der Waals surface area contributed by atoms with Gasteiger partial charge in [-0.05, 0) is 57.9 Å². The molecule has 1 aromatic rings. The van der Waals surface area contributed by atoms with Crippen LogP contribution in [0.25, 0.3) is 0 Å². The number of ether oxygens (including phenoxy) is 2. The number of hydrogen-bond donors (Lipinski definition) is 0. The Bertz CT molecular complexity index is 599. The van der Waals surface area contributed by atoms with Gasteiger partial charge in [-0.15, -0.1) is 0 Å². The molecular weight excluding hydrogens is 307 g/mol. The van der Waals surface area contributed by atoms with E-state index in [1.54, 1.807) is 20.8 Å². The molecule has 2 aliphatic rings. The summed E-state index contributed by atoms with van der Waals surface area (Å²) < 4.78 is 25.1. The maximum absolute atomic E-state index is 14.2. The lowest BCUT2D eigenvalue weighted by Crippen LogP contribution is -2.24. The van der Waals surface area contributed by atoms with Gasteiger partial charge in [-0.25, -0.2) is 9.18 Å². The summed E-state index contributed by atoms with van der Waals surface area (Å²) in [5.41, 5.74) is -0.850. The van der Waals surface area contributed by atoms with Crippen LogP contribution in [0, 0.1) is 17.7 Å². The van der Waals surface area contributed by atoms with E-state index in [1.807, 2.05) is 0 Å². The molecule has 0 bridgehead atoms. The van der Waals surface area contributed by atoms with Crippen LogP contribution < -0.4 is 4.74 Å². The van der Waals surface area contributed by atoms with E-state index in [0.29, 0.717) is 5.75 Å². The first-order valence-corrected chi connectivity index (χ1v) is 8.00. The van der Waals surface area contributed by atoms with Gasteiger partial charge in [0.05, 0.1) is 16.7 Å². The second-order valence-electron chi connectivity index (χ2n) is 7.23. The van der Waals surface area contributed by atoms with E-state index >= 15 is 0 Å². The summed E-state index contributed by atoms with van der Waals surface area (Å²) in [5, 5.41) is 0.239. The molecule has 2 unspecified atom stereocenters. The molecule has 2 aliphatic carbocycles. The fourth-order valence-electron chi connectivity index (χ4n) is 3.04. The molecule has 2 fully saturated rings. The zero-order chi connectivity index (χ0) is 16.1. The minimum absolute atomic E-state index is 0.105. The molecule has 0 spiro atoms. The second-order valence-corrected chi connectivity index (χ2v) is 7.64. The lowest BCUT2D eigenvalue weighted by molar-refractivity contribution is 0.00647. The van der Waals surface area contributed by atoms with Crippen LogP contribution in [0.2, 0.25) is 5.02 Å². The highest BCUT2D eigenvalue weighted by Crippen LogP contribution is 2.52. The summed E-state index contributed by atoms with van der Waals surface area (Å²) in [6.07, 6.45) is 3.42. The van der Waals surface area contributed by atoms with Gasteiger partial charge in [-0.2, -0.15) is 0 Å². The molecule has 3 rings (SSSR count). The molecule has 0 aromatic heterocycles. The summed E-state index contributed by atoms with van der Waals surface area (Å²) in [5.74, 6) is 0.458. The van der Waals surface area contributed by atoms with Crippen molar-refractivity contribution >= 4 is 17.6 Å². The third kappa shape index (κ3) is 3.37. The van der Waals surface area contributed by atoms with Gasteiger partial charge in [0.1, 0.15) is 17.2 Å². The normalized spacial score (nSPS) is 26.5. The van der Waals surface area contributed by atoms with E-state index in [9.17, 15) is 9.18 Å². The number of carbonyl (C=O) groups excluding carboxylic acids is 1. The van der Waals surface area contributed by atoms with Gasteiger partial charge in [-0.1, -0.05) is 11.6 Å². The highest BCUT2D eigenvalue weighted by molar-refractivity contribution is 6.32. The summed E-state index contributed by atoms with van der Waals surface area (Å²) in [6.45, 7) is 5.19. The van der Waals surface area contributed by atoms with E-state index in [0.717, 1.165) is 24.7 Å². The summed E-state index contributed by atoms with van der Waals surface area (Å²) >= 11 is 6.14. The number of esters is 1. The van der Waals surface area contributed by atoms with Gasteiger partial charge in [0, 0.05) is 6.07 Å². The third-order valence-electron chi connectivity index (χ3n) is 4.13. The Morgan fingerprint density at radius 3 is 2.45 bits per heavy atom. The largest absolute Gasteiger partial charge is 0.489 e. The molecule has 5 heteroatoms. The fraction of sp³-hybridized carbons (Fsp3) is 0.588. The molecule has 120 valence electrons. The van der Waals surface area contributed by atoms with Crippen molar-refractivity contribution in [2.45, 2.75) is 51.7 Å². The Morgan fingerprint density at radius 1 is 1.23 bits per heavy atom. The molecule has 2 saturated carbocycles. The molecule has 0 amide bonds. The first-order valence-electron chi connectivity index (χ1n) is 7.62. The molecule has 0 saturated heterocycles. The number of fused-ring (bicyclic) bond motifs is 1. The molecule has 2 atom stereocenters. The van der Waals surface area contributed by atoms with Crippen LogP contribution >= 0.6 is 11.6 Å². The van der Waals surface area contributed by atoms with E-state index in [4.69, 9.17) is 21.1 Å². The smallest absolute Gasteiger partial charge is 0.341 e. The molecule has 0 radical (unpaired) electrons. The lowest BCUT2D eigenvalue weighted by atomic mass is 10.1. The Morgan fingerprint density at radius 2 is 1.86 bits per heavy atom. The van der Waals surface area contributed by atoms with Crippen molar-refractivity contribution in [1.29, 1.82) is 0 Å². The van der Waals surface area contributed by atoms with Crippen molar-refractivity contribution < 1.29 is 18.7 Å². The Balaban J connectivity index is 1.74. The zero-order valence-corrected chi connectivity index (χ0v) is 13.7. The van der Waals surface area contributed by atoms with Gasteiger partial charge < -0.3 is 9.47 Å². The van der Waals surface area contributed by atoms with Gasteiger partial charge in [-0.3, -0.25) is 0 Å². The van der Waals surface area contributed by atoms with Gasteiger partial charge >= 0.3 is 5.97 Å². The van der Waals surface area contributed by atoms with Gasteiger partial charge in [0.15, 0.2) is 0 Å². The van der Waals surface area contributed by atoms with Crippen LogP contribution in [0.15, 0.2) is 12.1 Å². The molecule has 0 aliphatic heterocycles. The molecule has 22 heavy (non-hydrogen) atoms. The molecule has 0 heterocycles.